The first-order valence-corrected chi connectivity index (χ1v) is 8.03. The highest BCUT2D eigenvalue weighted by molar-refractivity contribution is 7.12. The van der Waals surface area contributed by atoms with E-state index in [1.165, 1.54) is 11.0 Å². The Morgan fingerprint density at radius 1 is 1.38 bits per heavy atom. The monoisotopic (exact) mass is 307 g/mol. The zero-order valence-electron chi connectivity index (χ0n) is 12.4. The van der Waals surface area contributed by atoms with Crippen molar-refractivity contribution in [3.05, 3.63) is 28.0 Å². The summed E-state index contributed by atoms with van der Waals surface area (Å²) in [6.07, 6.45) is 5.82. The molecule has 0 radical (unpaired) electrons. The van der Waals surface area contributed by atoms with Crippen LogP contribution in [0, 0.1) is 12.8 Å². The van der Waals surface area contributed by atoms with Gasteiger partial charge in [-0.15, -0.1) is 11.3 Å². The third-order valence-corrected chi connectivity index (χ3v) is 5.03. The number of hydrogen-bond donors (Lipinski definition) is 2. The van der Waals surface area contributed by atoms with Gasteiger partial charge in [-0.1, -0.05) is 6.92 Å². The Labute approximate surface area is 128 Å². The average Bonchev–Trinajstić information content (AvgIpc) is 2.85. The molecule has 0 aromatic carbocycles. The Hall–Kier alpha value is -1.62. The number of carboxylic acid groups (broad SMARTS) is 1. The molecule has 2 N–H and O–H groups in total. The van der Waals surface area contributed by atoms with Crippen LogP contribution in [0.1, 0.15) is 42.4 Å². The fraction of sp³-hybridized carbons (Fsp3) is 0.500. The van der Waals surface area contributed by atoms with Gasteiger partial charge in [-0.2, -0.15) is 0 Å². The molecular formula is C16H21NO3S. The molecule has 0 unspecified atom stereocenters. The lowest BCUT2D eigenvalue weighted by Gasteiger charge is -2.36. The van der Waals surface area contributed by atoms with E-state index in [1.54, 1.807) is 17.4 Å². The smallest absolute Gasteiger partial charge is 0.329 e. The predicted molar refractivity (Wildman–Crippen MR) is 84.2 cm³/mol. The Balaban J connectivity index is 2.02. The number of carbonyl (C=O) groups excluding carboxylic acids is 1. The molecule has 21 heavy (non-hydrogen) atoms. The van der Waals surface area contributed by atoms with Crippen LogP contribution in [0.25, 0.3) is 6.08 Å². The van der Waals surface area contributed by atoms with E-state index in [0.717, 1.165) is 17.7 Å². The number of thiophene rings is 1. The number of nitrogens with one attached hydrogen (secondary N) is 1. The van der Waals surface area contributed by atoms with Gasteiger partial charge in [0.2, 0.25) is 5.91 Å². The fourth-order valence-corrected chi connectivity index (χ4v) is 3.41. The molecule has 0 atom stereocenters. The summed E-state index contributed by atoms with van der Waals surface area (Å²) >= 11 is 1.60. The van der Waals surface area contributed by atoms with Crippen LogP contribution in [-0.2, 0) is 9.59 Å². The summed E-state index contributed by atoms with van der Waals surface area (Å²) in [5.74, 6) is -0.736. The largest absolute Gasteiger partial charge is 0.480 e. The first-order valence-electron chi connectivity index (χ1n) is 7.21. The van der Waals surface area contributed by atoms with E-state index >= 15 is 0 Å². The maximum absolute atomic E-state index is 12.0. The van der Waals surface area contributed by atoms with Crippen molar-refractivity contribution in [2.75, 3.05) is 0 Å². The molecule has 4 nitrogen and oxygen atoms in total. The van der Waals surface area contributed by atoms with Gasteiger partial charge in [0.25, 0.3) is 0 Å². The summed E-state index contributed by atoms with van der Waals surface area (Å²) in [5.41, 5.74) is -1.10. The molecule has 0 spiro atoms. The Bertz CT molecular complexity index is 554. The molecule has 1 aliphatic rings. The summed E-state index contributed by atoms with van der Waals surface area (Å²) in [6, 6.07) is 3.93. The van der Waals surface area contributed by atoms with Crippen molar-refractivity contribution in [3.8, 4) is 0 Å². The second-order valence-electron chi connectivity index (χ2n) is 5.84. The van der Waals surface area contributed by atoms with Gasteiger partial charge >= 0.3 is 5.97 Å². The molecule has 0 saturated heterocycles. The summed E-state index contributed by atoms with van der Waals surface area (Å²) < 4.78 is 0. The predicted octanol–water partition coefficient (Wildman–Crippen LogP) is 3.22. The molecule has 1 aromatic rings. The summed E-state index contributed by atoms with van der Waals surface area (Å²) in [5, 5.41) is 12.2. The zero-order valence-corrected chi connectivity index (χ0v) is 13.2. The molecule has 1 heterocycles. The van der Waals surface area contributed by atoms with Gasteiger partial charge in [0.1, 0.15) is 5.54 Å². The van der Waals surface area contributed by atoms with Gasteiger partial charge in [0.15, 0.2) is 0 Å². The molecule has 2 rings (SSSR count). The first-order chi connectivity index (χ1) is 9.91. The first kappa shape index (κ1) is 15.8. The summed E-state index contributed by atoms with van der Waals surface area (Å²) in [6.45, 7) is 4.12. The van der Waals surface area contributed by atoms with E-state index in [1.807, 2.05) is 19.1 Å². The van der Waals surface area contributed by atoms with Gasteiger partial charge in [-0.05, 0) is 56.7 Å². The fourth-order valence-electron chi connectivity index (χ4n) is 2.63. The second kappa shape index (κ2) is 6.43. The summed E-state index contributed by atoms with van der Waals surface area (Å²) in [4.78, 5) is 25.8. The van der Waals surface area contributed by atoms with Crippen molar-refractivity contribution in [1.29, 1.82) is 0 Å². The van der Waals surface area contributed by atoms with E-state index < -0.39 is 11.5 Å². The maximum atomic E-state index is 12.0. The maximum Gasteiger partial charge on any atom is 0.329 e. The van der Waals surface area contributed by atoms with Crippen molar-refractivity contribution in [2.45, 2.75) is 45.1 Å². The van der Waals surface area contributed by atoms with Gasteiger partial charge in [0, 0.05) is 15.8 Å². The highest BCUT2D eigenvalue weighted by atomic mass is 32.1. The topological polar surface area (TPSA) is 66.4 Å². The van der Waals surface area contributed by atoms with Crippen molar-refractivity contribution in [1.82, 2.24) is 5.32 Å². The van der Waals surface area contributed by atoms with Crippen molar-refractivity contribution < 1.29 is 14.7 Å². The average molecular weight is 307 g/mol. The Morgan fingerprint density at radius 2 is 2.05 bits per heavy atom. The quantitative estimate of drug-likeness (QED) is 0.839. The molecule has 1 fully saturated rings. The minimum atomic E-state index is -1.10. The molecule has 1 saturated carbocycles. The molecular weight excluding hydrogens is 286 g/mol. The molecule has 0 aliphatic heterocycles. The van der Waals surface area contributed by atoms with Gasteiger partial charge in [0.05, 0.1) is 0 Å². The Kier molecular flexibility index (Phi) is 4.83. The van der Waals surface area contributed by atoms with Crippen LogP contribution in [-0.4, -0.2) is 22.5 Å². The lowest BCUT2D eigenvalue weighted by Crippen LogP contribution is -2.55. The molecule has 1 aliphatic carbocycles. The van der Waals surface area contributed by atoms with Crippen LogP contribution in [0.4, 0.5) is 0 Å². The SMILES string of the molecule is Cc1ccc(/C=C/C(=O)NC2(C(=O)O)CCC(C)CC2)s1. The Morgan fingerprint density at radius 3 is 2.57 bits per heavy atom. The lowest BCUT2D eigenvalue weighted by atomic mass is 9.77. The zero-order chi connectivity index (χ0) is 15.5. The van der Waals surface area contributed by atoms with E-state index in [-0.39, 0.29) is 5.91 Å². The van der Waals surface area contributed by atoms with Gasteiger partial charge in [-0.25, -0.2) is 4.79 Å². The van der Waals surface area contributed by atoms with Crippen LogP contribution in [0.15, 0.2) is 18.2 Å². The number of rotatable bonds is 4. The number of aryl methyl sites for hydroxylation is 1. The standard InChI is InChI=1S/C16H21NO3S/c1-11-7-9-16(10-8-11,15(19)20)17-14(18)6-5-13-4-3-12(2)21-13/h3-6,11H,7-10H2,1-2H3,(H,17,18)(H,19,20)/b6-5+. The molecule has 1 amide bonds. The third kappa shape index (κ3) is 3.94. The van der Waals surface area contributed by atoms with Crippen molar-refractivity contribution in [3.63, 3.8) is 0 Å². The normalized spacial score (nSPS) is 25.9. The minimum Gasteiger partial charge on any atom is -0.480 e. The third-order valence-electron chi connectivity index (χ3n) is 4.06. The molecule has 0 bridgehead atoms. The molecule has 114 valence electrons. The van der Waals surface area contributed by atoms with Crippen LogP contribution in [0.2, 0.25) is 0 Å². The highest BCUT2D eigenvalue weighted by Gasteiger charge is 2.42. The number of amides is 1. The highest BCUT2D eigenvalue weighted by Crippen LogP contribution is 2.32. The lowest BCUT2D eigenvalue weighted by molar-refractivity contribution is -0.149. The van der Waals surface area contributed by atoms with E-state index in [9.17, 15) is 14.7 Å². The van der Waals surface area contributed by atoms with Crippen LogP contribution in [0.3, 0.4) is 0 Å². The van der Waals surface area contributed by atoms with Crippen LogP contribution < -0.4 is 5.32 Å². The van der Waals surface area contributed by atoms with Gasteiger partial charge < -0.3 is 10.4 Å². The van der Waals surface area contributed by atoms with Crippen LogP contribution in [0.5, 0.6) is 0 Å². The molecule has 5 heteroatoms. The van der Waals surface area contributed by atoms with Gasteiger partial charge in [-0.3, -0.25) is 4.79 Å². The molecule has 1 aromatic heterocycles. The second-order valence-corrected chi connectivity index (χ2v) is 7.16. The van der Waals surface area contributed by atoms with Crippen molar-refractivity contribution >= 4 is 29.3 Å². The minimum absolute atomic E-state index is 0.335. The summed E-state index contributed by atoms with van der Waals surface area (Å²) in [7, 11) is 0. The number of aliphatic carboxylic acids is 1. The van der Waals surface area contributed by atoms with Crippen LogP contribution >= 0.6 is 11.3 Å². The van der Waals surface area contributed by atoms with E-state index in [2.05, 4.69) is 12.2 Å². The van der Waals surface area contributed by atoms with Crippen molar-refractivity contribution in [2.24, 2.45) is 5.92 Å². The van der Waals surface area contributed by atoms with E-state index in [4.69, 9.17) is 0 Å². The number of carbonyl (C=O) groups is 2. The number of carboxylic acids is 1. The van der Waals surface area contributed by atoms with E-state index in [0.29, 0.717) is 18.8 Å². The number of hydrogen-bond acceptors (Lipinski definition) is 3.